The minimum absolute atomic E-state index is 0.0813. The summed E-state index contributed by atoms with van der Waals surface area (Å²) >= 11 is 0. The summed E-state index contributed by atoms with van der Waals surface area (Å²) in [6.45, 7) is 3.28. The molecular formula is C23H33NO6. The van der Waals surface area contributed by atoms with Crippen molar-refractivity contribution in [3.05, 3.63) is 24.3 Å². The average Bonchev–Trinajstić information content (AvgIpc) is 2.93. The van der Waals surface area contributed by atoms with Gasteiger partial charge in [0.2, 0.25) is 5.60 Å². The third-order valence-electron chi connectivity index (χ3n) is 5.30. The lowest BCUT2D eigenvalue weighted by atomic mass is 9.83. The number of aliphatic hydroxyl groups is 1. The number of carbonyl (C=O) groups excluding carboxylic acids is 2. The molecule has 4 atom stereocenters. The Morgan fingerprint density at radius 2 is 2.07 bits per heavy atom. The number of esters is 1. The first kappa shape index (κ1) is 25.6. The number of nitriles is 1. The number of hydrogen-bond acceptors (Lipinski definition) is 6. The molecule has 1 fully saturated rings. The molecule has 0 spiro atoms. The van der Waals surface area contributed by atoms with Gasteiger partial charge in [-0.05, 0) is 25.7 Å². The Morgan fingerprint density at radius 3 is 2.67 bits per heavy atom. The maximum absolute atomic E-state index is 12.7. The number of hydrogen-bond donors (Lipinski definition) is 2. The Kier molecular flexibility index (Phi) is 11.1. The van der Waals surface area contributed by atoms with Gasteiger partial charge in [0.1, 0.15) is 11.9 Å². The zero-order valence-electron chi connectivity index (χ0n) is 17.9. The summed E-state index contributed by atoms with van der Waals surface area (Å²) in [6, 6.07) is 2.03. The predicted molar refractivity (Wildman–Crippen MR) is 111 cm³/mol. The maximum atomic E-state index is 12.7. The van der Waals surface area contributed by atoms with Crippen LogP contribution in [0.15, 0.2) is 24.3 Å². The lowest BCUT2D eigenvalue weighted by Crippen LogP contribution is -2.37. The summed E-state index contributed by atoms with van der Waals surface area (Å²) in [7, 11) is 0. The van der Waals surface area contributed by atoms with Crippen LogP contribution in [0.25, 0.3) is 0 Å². The molecule has 0 aliphatic heterocycles. The summed E-state index contributed by atoms with van der Waals surface area (Å²) < 4.78 is 5.32. The number of nitrogens with zero attached hydrogens (tertiary/aromatic N) is 1. The van der Waals surface area contributed by atoms with E-state index < -0.39 is 35.5 Å². The van der Waals surface area contributed by atoms with Crippen LogP contribution in [0.2, 0.25) is 0 Å². The Hall–Kier alpha value is -2.46. The van der Waals surface area contributed by atoms with E-state index in [1.54, 1.807) is 12.2 Å². The Labute approximate surface area is 178 Å². The fourth-order valence-electron chi connectivity index (χ4n) is 3.78. The van der Waals surface area contributed by atoms with E-state index in [0.717, 1.165) is 19.3 Å². The largest absolute Gasteiger partial charge is 0.481 e. The molecule has 0 heterocycles. The van der Waals surface area contributed by atoms with Crippen molar-refractivity contribution in [3.63, 3.8) is 0 Å². The van der Waals surface area contributed by atoms with Crippen molar-refractivity contribution in [2.24, 2.45) is 11.8 Å². The summed E-state index contributed by atoms with van der Waals surface area (Å²) in [6.07, 6.45) is 11.1. The van der Waals surface area contributed by atoms with Gasteiger partial charge in [-0.3, -0.25) is 14.4 Å². The van der Waals surface area contributed by atoms with Crippen LogP contribution >= 0.6 is 0 Å². The van der Waals surface area contributed by atoms with E-state index in [1.165, 1.54) is 6.92 Å². The zero-order chi connectivity index (χ0) is 22.6. The number of unbranched alkanes of at least 4 members (excludes halogenated alkanes) is 3. The predicted octanol–water partition coefficient (Wildman–Crippen LogP) is 3.72. The van der Waals surface area contributed by atoms with Gasteiger partial charge in [0, 0.05) is 25.2 Å². The maximum Gasteiger partial charge on any atom is 0.304 e. The third-order valence-corrected chi connectivity index (χ3v) is 5.30. The lowest BCUT2D eigenvalue weighted by Gasteiger charge is -2.27. The fourth-order valence-corrected chi connectivity index (χ4v) is 3.78. The number of Topliss-reactive ketones (excluding diaryl/α,β-unsaturated/α-hetero) is 1. The van der Waals surface area contributed by atoms with Gasteiger partial charge in [-0.2, -0.15) is 5.26 Å². The molecule has 7 nitrogen and oxygen atoms in total. The Morgan fingerprint density at radius 1 is 1.33 bits per heavy atom. The molecule has 7 heteroatoms. The number of allylic oxidation sites excluding steroid dienone is 2. The second kappa shape index (κ2) is 13.0. The monoisotopic (exact) mass is 419 g/mol. The molecule has 1 aliphatic carbocycles. The molecule has 0 amide bonds. The molecule has 166 valence electrons. The van der Waals surface area contributed by atoms with Crippen molar-refractivity contribution in [3.8, 4) is 6.07 Å². The first-order chi connectivity index (χ1) is 14.3. The van der Waals surface area contributed by atoms with Crippen molar-refractivity contribution in [1.29, 1.82) is 5.26 Å². The summed E-state index contributed by atoms with van der Waals surface area (Å²) in [4.78, 5) is 34.8. The van der Waals surface area contributed by atoms with Gasteiger partial charge in [-0.25, -0.2) is 0 Å². The minimum atomic E-state index is -1.57. The molecule has 30 heavy (non-hydrogen) atoms. The molecule has 0 aromatic rings. The van der Waals surface area contributed by atoms with E-state index in [9.17, 15) is 24.8 Å². The van der Waals surface area contributed by atoms with Crippen molar-refractivity contribution in [2.45, 2.75) is 83.3 Å². The molecule has 0 bridgehead atoms. The average molecular weight is 420 g/mol. The normalized spacial score (nSPS) is 24.9. The molecule has 0 aromatic carbocycles. The summed E-state index contributed by atoms with van der Waals surface area (Å²) in [5.41, 5.74) is -1.57. The van der Waals surface area contributed by atoms with Crippen LogP contribution in [-0.4, -0.2) is 39.6 Å². The van der Waals surface area contributed by atoms with Crippen LogP contribution in [0.3, 0.4) is 0 Å². The highest BCUT2D eigenvalue weighted by molar-refractivity contribution is 5.87. The van der Waals surface area contributed by atoms with Crippen LogP contribution in [-0.2, 0) is 19.1 Å². The molecule has 4 unspecified atom stereocenters. The van der Waals surface area contributed by atoms with E-state index in [0.29, 0.717) is 25.7 Å². The van der Waals surface area contributed by atoms with E-state index in [2.05, 4.69) is 6.92 Å². The van der Waals surface area contributed by atoms with Gasteiger partial charge < -0.3 is 14.9 Å². The first-order valence-corrected chi connectivity index (χ1v) is 10.6. The van der Waals surface area contributed by atoms with E-state index >= 15 is 0 Å². The minimum Gasteiger partial charge on any atom is -0.481 e. The van der Waals surface area contributed by atoms with Crippen LogP contribution in [0.1, 0.15) is 71.6 Å². The molecule has 1 rings (SSSR count). The molecule has 2 N–H and O–H groups in total. The van der Waals surface area contributed by atoms with Crippen LogP contribution in [0, 0.1) is 23.2 Å². The van der Waals surface area contributed by atoms with E-state index in [4.69, 9.17) is 9.84 Å². The number of carboxylic acids is 1. The summed E-state index contributed by atoms with van der Waals surface area (Å²) in [5, 5.41) is 28.6. The van der Waals surface area contributed by atoms with Crippen LogP contribution in [0.4, 0.5) is 0 Å². The number of rotatable bonds is 13. The quantitative estimate of drug-likeness (QED) is 0.265. The highest BCUT2D eigenvalue weighted by Gasteiger charge is 2.55. The smallest absolute Gasteiger partial charge is 0.304 e. The van der Waals surface area contributed by atoms with Gasteiger partial charge in [0.15, 0.2) is 0 Å². The van der Waals surface area contributed by atoms with E-state index in [1.807, 2.05) is 18.2 Å². The van der Waals surface area contributed by atoms with Crippen molar-refractivity contribution in [2.75, 3.05) is 0 Å². The van der Waals surface area contributed by atoms with Gasteiger partial charge >= 0.3 is 11.9 Å². The molecule has 1 saturated carbocycles. The van der Waals surface area contributed by atoms with Crippen LogP contribution < -0.4 is 0 Å². The van der Waals surface area contributed by atoms with E-state index in [-0.39, 0.29) is 18.6 Å². The number of carboxylic acid groups (broad SMARTS) is 1. The molecule has 1 aliphatic rings. The lowest BCUT2D eigenvalue weighted by molar-refractivity contribution is -0.153. The highest BCUT2D eigenvalue weighted by Crippen LogP contribution is 2.43. The Bertz CT molecular complexity index is 692. The van der Waals surface area contributed by atoms with Crippen LogP contribution in [0.5, 0.6) is 0 Å². The molecule has 0 aromatic heterocycles. The fraction of sp³-hybridized carbons (Fsp3) is 0.652. The number of carbonyl (C=O) groups is 3. The number of aliphatic hydroxyl groups excluding tert-OH is 1. The Balaban J connectivity index is 2.93. The SMILES string of the molecule is CCCCCC(O)C=CC1C(CC=CCCCC(=O)O)C(=O)CC1(C#N)OC(C)=O. The van der Waals surface area contributed by atoms with Gasteiger partial charge in [0.25, 0.3) is 0 Å². The molecule has 0 saturated heterocycles. The number of aliphatic carboxylic acids is 1. The standard InChI is InChI=1S/C23H33NO6/c1-3-4-7-10-18(26)13-14-20-19(11-8-5-6-9-12-22(28)29)21(27)15-23(20,16-24)30-17(2)25/h5,8,13-14,18-20,26H,3-4,6-7,9-12,15H2,1-2H3,(H,28,29). The summed E-state index contributed by atoms with van der Waals surface area (Å²) in [5.74, 6) is -2.83. The van der Waals surface area contributed by atoms with Gasteiger partial charge in [-0.1, -0.05) is 50.5 Å². The second-order valence-electron chi connectivity index (χ2n) is 7.81. The van der Waals surface area contributed by atoms with Crippen molar-refractivity contribution < 1.29 is 29.3 Å². The topological polar surface area (TPSA) is 125 Å². The van der Waals surface area contributed by atoms with Gasteiger partial charge in [-0.15, -0.1) is 0 Å². The molecular weight excluding hydrogens is 386 g/mol. The second-order valence-corrected chi connectivity index (χ2v) is 7.81. The molecule has 0 radical (unpaired) electrons. The first-order valence-electron chi connectivity index (χ1n) is 10.6. The van der Waals surface area contributed by atoms with Crippen molar-refractivity contribution >= 4 is 17.7 Å². The third kappa shape index (κ3) is 8.11. The van der Waals surface area contributed by atoms with Gasteiger partial charge in [0.05, 0.1) is 12.5 Å². The van der Waals surface area contributed by atoms with Crippen molar-refractivity contribution in [1.82, 2.24) is 0 Å². The zero-order valence-corrected chi connectivity index (χ0v) is 17.9. The number of ether oxygens (including phenoxy) is 1. The number of ketones is 1. The highest BCUT2D eigenvalue weighted by atomic mass is 16.6.